The summed E-state index contributed by atoms with van der Waals surface area (Å²) in [6.07, 6.45) is 9.31. The zero-order chi connectivity index (χ0) is 35.6. The Balaban J connectivity index is 0.000000194. The van der Waals surface area contributed by atoms with Crippen LogP contribution in [0.15, 0.2) is 37.2 Å². The predicted molar refractivity (Wildman–Crippen MR) is 184 cm³/mol. The van der Waals surface area contributed by atoms with E-state index in [2.05, 4.69) is 64.2 Å². The molecule has 0 saturated carbocycles. The summed E-state index contributed by atoms with van der Waals surface area (Å²) in [6.45, 7) is 11.5. The number of morpholine rings is 2. The van der Waals surface area contributed by atoms with Crippen molar-refractivity contribution in [2.24, 2.45) is 0 Å². The molecule has 6 heterocycles. The molecule has 0 radical (unpaired) electrons. The fourth-order valence-corrected chi connectivity index (χ4v) is 7.36. The number of amides is 2. The molecular weight excluding hydrogens is 691 g/mol. The highest BCUT2D eigenvalue weighted by molar-refractivity contribution is 7.16. The van der Waals surface area contributed by atoms with Crippen LogP contribution in [0.1, 0.15) is 61.2 Å². The van der Waals surface area contributed by atoms with E-state index in [-0.39, 0.29) is 36.1 Å². The van der Waals surface area contributed by atoms with Gasteiger partial charge in [0.25, 0.3) is 0 Å². The Kier molecular flexibility index (Phi) is 13.3. The molecule has 0 unspecified atom stereocenters. The average Bonchev–Trinajstić information content (AvgIpc) is 3.76. The highest BCUT2D eigenvalue weighted by atomic mass is 32.1. The van der Waals surface area contributed by atoms with Gasteiger partial charge in [-0.25, -0.2) is 38.7 Å². The van der Waals surface area contributed by atoms with Crippen molar-refractivity contribution in [3.05, 3.63) is 70.2 Å². The molecule has 18 heteroatoms. The van der Waals surface area contributed by atoms with Crippen molar-refractivity contribution in [3.63, 3.8) is 0 Å². The first-order valence-electron chi connectivity index (χ1n) is 16.1. The van der Waals surface area contributed by atoms with Crippen molar-refractivity contribution >= 4 is 44.8 Å². The number of anilines is 2. The molecule has 4 aromatic heterocycles. The summed E-state index contributed by atoms with van der Waals surface area (Å²) < 4.78 is 37.4. The van der Waals surface area contributed by atoms with E-state index in [1.54, 1.807) is 12.4 Å². The number of ether oxygens (including phenoxy) is 2. The van der Waals surface area contributed by atoms with Crippen molar-refractivity contribution in [1.82, 2.24) is 39.7 Å². The Bertz CT molecular complexity index is 1570. The lowest BCUT2D eigenvalue weighted by atomic mass is 10.1. The van der Waals surface area contributed by atoms with E-state index in [0.29, 0.717) is 48.0 Å². The molecule has 2 fully saturated rings. The number of nitrogens with zero attached hydrogens (tertiary/aromatic N) is 8. The largest absolute Gasteiger partial charge is 0.375 e. The van der Waals surface area contributed by atoms with Gasteiger partial charge in [-0.2, -0.15) is 0 Å². The third kappa shape index (κ3) is 11.0. The third-order valence-electron chi connectivity index (χ3n) is 8.04. The Morgan fingerprint density at radius 1 is 0.720 bits per heavy atom. The van der Waals surface area contributed by atoms with Crippen LogP contribution in [0, 0.1) is 11.6 Å². The molecule has 4 atom stereocenters. The molecule has 2 aliphatic heterocycles. The van der Waals surface area contributed by atoms with Crippen molar-refractivity contribution in [2.45, 2.75) is 64.8 Å². The number of rotatable bonds is 10. The number of carbonyl (C=O) groups is 2. The summed E-state index contributed by atoms with van der Waals surface area (Å²) >= 11 is 2.96. The van der Waals surface area contributed by atoms with Gasteiger partial charge in [0.1, 0.15) is 11.6 Å². The topological polar surface area (TPSA) is 160 Å². The summed E-state index contributed by atoms with van der Waals surface area (Å²) in [7, 11) is 0. The molecule has 14 nitrogen and oxygen atoms in total. The minimum atomic E-state index is -0.441. The maximum absolute atomic E-state index is 12.9. The summed E-state index contributed by atoms with van der Waals surface area (Å²) in [4.78, 5) is 53.5. The molecule has 6 rings (SSSR count). The normalized spacial score (nSPS) is 19.6. The minimum absolute atomic E-state index is 0.0376. The van der Waals surface area contributed by atoms with E-state index in [4.69, 9.17) is 9.47 Å². The second kappa shape index (κ2) is 17.8. The number of thiazole rings is 2. The van der Waals surface area contributed by atoms with Gasteiger partial charge in [-0.15, -0.1) is 22.7 Å². The molecule has 50 heavy (non-hydrogen) atoms. The highest BCUT2D eigenvalue weighted by Gasteiger charge is 2.28. The molecule has 0 aromatic carbocycles. The van der Waals surface area contributed by atoms with Gasteiger partial charge in [-0.05, 0) is 13.8 Å². The van der Waals surface area contributed by atoms with E-state index in [9.17, 15) is 18.4 Å². The number of hydrogen-bond donors (Lipinski definition) is 2. The van der Waals surface area contributed by atoms with Crippen molar-refractivity contribution in [1.29, 1.82) is 0 Å². The molecule has 0 bridgehead atoms. The van der Waals surface area contributed by atoms with Crippen molar-refractivity contribution in [3.8, 4) is 0 Å². The quantitative estimate of drug-likeness (QED) is 0.241. The molecule has 4 aromatic rings. The Morgan fingerprint density at radius 2 is 1.10 bits per heavy atom. The minimum Gasteiger partial charge on any atom is -0.375 e. The first kappa shape index (κ1) is 37.3. The SMILES string of the molecule is CC(=O)Nc1ncc([C@@H](C)N2CCO[C@H](Cc3ncc(F)cn3)C2)s1.CC(=O)Nc1ncc([C@H](C)N2CCO[C@H](Cc3ncc(F)cn3)C2)s1. The van der Waals surface area contributed by atoms with Crippen LogP contribution >= 0.6 is 22.7 Å². The van der Waals surface area contributed by atoms with Crippen LogP contribution in [-0.2, 0) is 31.9 Å². The summed E-state index contributed by atoms with van der Waals surface area (Å²) in [6, 6.07) is 0.334. The van der Waals surface area contributed by atoms with E-state index >= 15 is 0 Å². The first-order chi connectivity index (χ1) is 24.0. The van der Waals surface area contributed by atoms with Crippen LogP contribution in [0.5, 0.6) is 0 Å². The number of carbonyl (C=O) groups excluding carboxylic acids is 2. The van der Waals surface area contributed by atoms with Crippen molar-refractivity contribution in [2.75, 3.05) is 50.0 Å². The average molecular weight is 731 g/mol. The summed E-state index contributed by atoms with van der Waals surface area (Å²) in [5.74, 6) is 0.0179. The van der Waals surface area contributed by atoms with Crippen LogP contribution in [0.3, 0.4) is 0 Å². The summed E-state index contributed by atoms with van der Waals surface area (Å²) in [5, 5.41) is 6.63. The lowest BCUT2D eigenvalue weighted by molar-refractivity contribution is -0.115. The fraction of sp³-hybridized carbons (Fsp3) is 0.500. The van der Waals surface area contributed by atoms with Crippen LogP contribution in [0.4, 0.5) is 19.0 Å². The van der Waals surface area contributed by atoms with Gasteiger partial charge in [0.2, 0.25) is 11.8 Å². The van der Waals surface area contributed by atoms with E-state index in [1.165, 1.54) is 61.3 Å². The van der Waals surface area contributed by atoms with Gasteiger partial charge in [-0.1, -0.05) is 0 Å². The number of hydrogen-bond acceptors (Lipinski definition) is 14. The Hall–Kier alpha value is -3.94. The maximum Gasteiger partial charge on any atom is 0.223 e. The summed E-state index contributed by atoms with van der Waals surface area (Å²) in [5.41, 5.74) is 0. The van der Waals surface area contributed by atoms with Gasteiger partial charge in [-0.3, -0.25) is 19.4 Å². The monoisotopic (exact) mass is 730 g/mol. The van der Waals surface area contributed by atoms with Crippen LogP contribution in [0.25, 0.3) is 0 Å². The molecule has 2 saturated heterocycles. The van der Waals surface area contributed by atoms with Gasteiger partial charge < -0.3 is 20.1 Å². The zero-order valence-corrected chi connectivity index (χ0v) is 29.8. The predicted octanol–water partition coefficient (Wildman–Crippen LogP) is 4.07. The molecule has 2 aliphatic rings. The first-order valence-corrected chi connectivity index (χ1v) is 17.8. The van der Waals surface area contributed by atoms with E-state index in [1.807, 2.05) is 0 Å². The molecule has 0 spiro atoms. The van der Waals surface area contributed by atoms with Crippen LogP contribution in [0.2, 0.25) is 0 Å². The highest BCUT2D eigenvalue weighted by Crippen LogP contribution is 2.31. The third-order valence-corrected chi connectivity index (χ3v) is 10.2. The zero-order valence-electron chi connectivity index (χ0n) is 28.2. The lowest BCUT2D eigenvalue weighted by Crippen LogP contribution is -2.44. The molecule has 0 aliphatic carbocycles. The smallest absolute Gasteiger partial charge is 0.223 e. The standard InChI is InChI=1S/2C16H20FN5O2S/c2*1-10(14-8-20-16(25-14)21-11(2)23)22-3-4-24-13(9-22)5-15-18-6-12(17)7-19-15/h2*6-8,10,13H,3-5,9H2,1-2H3,(H,20,21,23)/t10-,13+;10-,13-/m01/s1. The Morgan fingerprint density at radius 3 is 1.46 bits per heavy atom. The van der Waals surface area contributed by atoms with E-state index < -0.39 is 11.6 Å². The molecule has 268 valence electrons. The van der Waals surface area contributed by atoms with Crippen LogP contribution in [-0.4, -0.2) is 103 Å². The van der Waals surface area contributed by atoms with Gasteiger partial charge >= 0.3 is 0 Å². The fourth-order valence-electron chi connectivity index (χ4n) is 5.47. The van der Waals surface area contributed by atoms with Gasteiger partial charge in [0, 0.05) is 87.1 Å². The van der Waals surface area contributed by atoms with E-state index in [0.717, 1.165) is 35.9 Å². The lowest BCUT2D eigenvalue weighted by Gasteiger charge is -2.36. The number of nitrogens with one attached hydrogen (secondary N) is 2. The van der Waals surface area contributed by atoms with Crippen molar-refractivity contribution < 1.29 is 27.8 Å². The maximum atomic E-state index is 12.9. The van der Waals surface area contributed by atoms with Gasteiger partial charge in [0.15, 0.2) is 21.9 Å². The van der Waals surface area contributed by atoms with Crippen LogP contribution < -0.4 is 10.6 Å². The molecule has 2 N–H and O–H groups in total. The number of halogens is 2. The number of aromatic nitrogens is 6. The second-order valence-corrected chi connectivity index (χ2v) is 14.0. The van der Waals surface area contributed by atoms with Gasteiger partial charge in [0.05, 0.1) is 50.2 Å². The molecular formula is C32H40F2N10O4S2. The Labute approximate surface area is 296 Å². The second-order valence-electron chi connectivity index (χ2n) is 11.9. The molecule has 2 amide bonds.